The first-order valence-electron chi connectivity index (χ1n) is 5.28. The van der Waals surface area contributed by atoms with E-state index in [2.05, 4.69) is 10.4 Å². The summed E-state index contributed by atoms with van der Waals surface area (Å²) in [6.07, 6.45) is 3.25. The Kier molecular flexibility index (Phi) is 3.44. The fourth-order valence-corrected chi connectivity index (χ4v) is 1.61. The zero-order valence-electron chi connectivity index (χ0n) is 9.35. The first kappa shape index (κ1) is 11.7. The molecule has 1 aromatic heterocycles. The van der Waals surface area contributed by atoms with E-state index >= 15 is 0 Å². The van der Waals surface area contributed by atoms with Crippen LogP contribution in [-0.2, 0) is 6.54 Å². The van der Waals surface area contributed by atoms with Gasteiger partial charge in [0.2, 0.25) is 0 Å². The van der Waals surface area contributed by atoms with Gasteiger partial charge in [0, 0.05) is 23.5 Å². The maximum atomic E-state index is 11.8. The molecular weight excluding hydrogens is 238 g/mol. The van der Waals surface area contributed by atoms with Gasteiger partial charge in [-0.2, -0.15) is 5.10 Å². The number of benzene rings is 1. The van der Waals surface area contributed by atoms with Crippen LogP contribution in [0.25, 0.3) is 0 Å². The molecule has 0 aliphatic heterocycles. The predicted molar refractivity (Wildman–Crippen MR) is 67.3 cm³/mol. The maximum Gasteiger partial charge on any atom is 0.258 e. The van der Waals surface area contributed by atoms with Crippen molar-refractivity contribution in [2.45, 2.75) is 13.5 Å². The number of aromatic nitrogens is 2. The first-order chi connectivity index (χ1) is 8.19. The first-order valence-corrected chi connectivity index (χ1v) is 5.66. The van der Waals surface area contributed by atoms with Gasteiger partial charge in [0.1, 0.15) is 0 Å². The summed E-state index contributed by atoms with van der Waals surface area (Å²) in [5.74, 6) is -0.188. The van der Waals surface area contributed by atoms with Gasteiger partial charge in [0.15, 0.2) is 0 Å². The highest BCUT2D eigenvalue weighted by atomic mass is 35.5. The van der Waals surface area contributed by atoms with Crippen LogP contribution in [0.15, 0.2) is 36.7 Å². The fraction of sp³-hybridized carbons (Fsp3) is 0.167. The molecule has 1 heterocycles. The third kappa shape index (κ3) is 2.85. The summed E-state index contributed by atoms with van der Waals surface area (Å²) in [5, 5.41) is 7.39. The minimum absolute atomic E-state index is 0.188. The van der Waals surface area contributed by atoms with Crippen LogP contribution in [0.2, 0.25) is 5.02 Å². The molecule has 0 unspecified atom stereocenters. The monoisotopic (exact) mass is 249 g/mol. The van der Waals surface area contributed by atoms with Crippen molar-refractivity contribution in [3.8, 4) is 0 Å². The Balaban J connectivity index is 2.11. The largest absolute Gasteiger partial charge is 0.322 e. The SMILES string of the molecule is CCn1cc(C(=O)Nc2cccc(Cl)c2)cn1. The van der Waals surface area contributed by atoms with E-state index in [0.29, 0.717) is 16.3 Å². The van der Waals surface area contributed by atoms with Gasteiger partial charge >= 0.3 is 0 Å². The molecule has 5 heteroatoms. The fourth-order valence-electron chi connectivity index (χ4n) is 1.42. The van der Waals surface area contributed by atoms with Crippen molar-refractivity contribution in [3.63, 3.8) is 0 Å². The molecule has 0 atom stereocenters. The minimum atomic E-state index is -0.188. The molecule has 0 saturated carbocycles. The van der Waals surface area contributed by atoms with E-state index in [0.717, 1.165) is 6.54 Å². The molecule has 2 rings (SSSR count). The highest BCUT2D eigenvalue weighted by molar-refractivity contribution is 6.30. The molecule has 4 nitrogen and oxygen atoms in total. The number of carbonyl (C=O) groups is 1. The van der Waals surface area contributed by atoms with Crippen molar-refractivity contribution >= 4 is 23.2 Å². The standard InChI is InChI=1S/C12H12ClN3O/c1-2-16-8-9(7-14-16)12(17)15-11-5-3-4-10(13)6-11/h3-8H,2H2,1H3,(H,15,17). The molecule has 2 aromatic rings. The number of amides is 1. The predicted octanol–water partition coefficient (Wildman–Crippen LogP) is 2.81. The van der Waals surface area contributed by atoms with E-state index < -0.39 is 0 Å². The smallest absolute Gasteiger partial charge is 0.258 e. The number of halogens is 1. The molecule has 1 amide bonds. The van der Waals surface area contributed by atoms with E-state index in [9.17, 15) is 4.79 Å². The number of aryl methyl sites for hydroxylation is 1. The molecule has 0 aliphatic carbocycles. The normalized spacial score (nSPS) is 10.2. The number of rotatable bonds is 3. The van der Waals surface area contributed by atoms with Gasteiger partial charge in [-0.3, -0.25) is 9.48 Å². The number of anilines is 1. The van der Waals surface area contributed by atoms with Gasteiger partial charge in [0.25, 0.3) is 5.91 Å². The zero-order chi connectivity index (χ0) is 12.3. The quantitative estimate of drug-likeness (QED) is 0.909. The molecule has 17 heavy (non-hydrogen) atoms. The van der Waals surface area contributed by atoms with Crippen molar-refractivity contribution in [1.82, 2.24) is 9.78 Å². The Morgan fingerprint density at radius 1 is 1.53 bits per heavy atom. The van der Waals surface area contributed by atoms with Crippen molar-refractivity contribution in [2.75, 3.05) is 5.32 Å². The van der Waals surface area contributed by atoms with Gasteiger partial charge in [-0.25, -0.2) is 0 Å². The molecule has 0 spiro atoms. The third-order valence-electron chi connectivity index (χ3n) is 2.30. The van der Waals surface area contributed by atoms with Gasteiger partial charge < -0.3 is 5.32 Å². The number of nitrogens with zero attached hydrogens (tertiary/aromatic N) is 2. The summed E-state index contributed by atoms with van der Waals surface area (Å²) in [7, 11) is 0. The van der Waals surface area contributed by atoms with Crippen molar-refractivity contribution in [2.24, 2.45) is 0 Å². The number of hydrogen-bond acceptors (Lipinski definition) is 2. The maximum absolute atomic E-state index is 11.8. The Labute approximate surface area is 104 Å². The van der Waals surface area contributed by atoms with Crippen molar-refractivity contribution in [3.05, 3.63) is 47.2 Å². The van der Waals surface area contributed by atoms with Crippen LogP contribution < -0.4 is 5.32 Å². The topological polar surface area (TPSA) is 46.9 Å². The Bertz CT molecular complexity index is 536. The van der Waals surface area contributed by atoms with Crippen molar-refractivity contribution < 1.29 is 4.79 Å². The van der Waals surface area contributed by atoms with E-state index in [-0.39, 0.29) is 5.91 Å². The number of nitrogens with one attached hydrogen (secondary N) is 1. The second-order valence-electron chi connectivity index (χ2n) is 3.55. The zero-order valence-corrected chi connectivity index (χ0v) is 10.1. The summed E-state index contributed by atoms with van der Waals surface area (Å²) in [4.78, 5) is 11.8. The summed E-state index contributed by atoms with van der Waals surface area (Å²) in [6, 6.07) is 7.03. The Morgan fingerprint density at radius 3 is 3.00 bits per heavy atom. The van der Waals surface area contributed by atoms with Crippen LogP contribution in [0.4, 0.5) is 5.69 Å². The lowest BCUT2D eigenvalue weighted by Crippen LogP contribution is -2.10. The summed E-state index contributed by atoms with van der Waals surface area (Å²) in [5.41, 5.74) is 1.21. The molecule has 0 bridgehead atoms. The third-order valence-corrected chi connectivity index (χ3v) is 2.54. The molecule has 1 N–H and O–H groups in total. The van der Waals surface area contributed by atoms with E-state index in [4.69, 9.17) is 11.6 Å². The molecule has 0 fully saturated rings. The molecule has 1 aromatic carbocycles. The van der Waals surface area contributed by atoms with Crippen LogP contribution in [0.1, 0.15) is 17.3 Å². The summed E-state index contributed by atoms with van der Waals surface area (Å²) < 4.78 is 1.70. The van der Waals surface area contributed by atoms with Gasteiger partial charge in [0.05, 0.1) is 11.8 Å². The summed E-state index contributed by atoms with van der Waals surface area (Å²) in [6.45, 7) is 2.70. The average molecular weight is 250 g/mol. The highest BCUT2D eigenvalue weighted by Gasteiger charge is 2.08. The molecular formula is C12H12ClN3O. The lowest BCUT2D eigenvalue weighted by Gasteiger charge is -2.03. The average Bonchev–Trinajstić information content (AvgIpc) is 2.77. The Morgan fingerprint density at radius 2 is 2.35 bits per heavy atom. The molecule has 0 saturated heterocycles. The van der Waals surface area contributed by atoms with E-state index in [1.807, 2.05) is 6.92 Å². The second kappa shape index (κ2) is 5.01. The molecule has 88 valence electrons. The lowest BCUT2D eigenvalue weighted by atomic mass is 10.3. The molecule has 0 aliphatic rings. The van der Waals surface area contributed by atoms with E-state index in [1.165, 1.54) is 0 Å². The van der Waals surface area contributed by atoms with Gasteiger partial charge in [-0.15, -0.1) is 0 Å². The highest BCUT2D eigenvalue weighted by Crippen LogP contribution is 2.15. The number of carbonyl (C=O) groups excluding carboxylic acids is 1. The van der Waals surface area contributed by atoms with Crippen LogP contribution in [0.5, 0.6) is 0 Å². The molecule has 0 radical (unpaired) electrons. The second-order valence-corrected chi connectivity index (χ2v) is 3.99. The van der Waals surface area contributed by atoms with Crippen molar-refractivity contribution in [1.29, 1.82) is 0 Å². The Hall–Kier alpha value is -1.81. The van der Waals surface area contributed by atoms with Crippen LogP contribution in [-0.4, -0.2) is 15.7 Å². The lowest BCUT2D eigenvalue weighted by molar-refractivity contribution is 0.102. The van der Waals surface area contributed by atoms with Gasteiger partial charge in [-0.1, -0.05) is 17.7 Å². The van der Waals surface area contributed by atoms with Crippen LogP contribution in [0, 0.1) is 0 Å². The summed E-state index contributed by atoms with van der Waals surface area (Å²) >= 11 is 5.83. The minimum Gasteiger partial charge on any atom is -0.322 e. The van der Waals surface area contributed by atoms with Gasteiger partial charge in [-0.05, 0) is 25.1 Å². The van der Waals surface area contributed by atoms with Crippen LogP contribution >= 0.6 is 11.6 Å². The van der Waals surface area contributed by atoms with Crippen LogP contribution in [0.3, 0.4) is 0 Å². The number of hydrogen-bond donors (Lipinski definition) is 1. The van der Waals surface area contributed by atoms with E-state index in [1.54, 1.807) is 41.3 Å².